The molecule has 108 valence electrons. The van der Waals surface area contributed by atoms with Gasteiger partial charge >= 0.3 is 0 Å². The Hall–Kier alpha value is -1.70. The highest BCUT2D eigenvalue weighted by Gasteiger charge is 2.27. The first-order valence-electron chi connectivity index (χ1n) is 7.67. The maximum atomic E-state index is 5.88. The number of fused-ring (bicyclic) bond motifs is 1. The molecule has 0 aromatic heterocycles. The molecule has 1 aromatic carbocycles. The molecule has 0 saturated heterocycles. The van der Waals surface area contributed by atoms with Gasteiger partial charge in [0, 0.05) is 0 Å². The van der Waals surface area contributed by atoms with Crippen LogP contribution in [-0.2, 0) is 0 Å². The zero-order valence-corrected chi connectivity index (χ0v) is 13.0. The molecule has 0 spiro atoms. The van der Waals surface area contributed by atoms with Crippen molar-refractivity contribution in [3.8, 4) is 5.75 Å². The molecule has 1 aliphatic carbocycles. The van der Waals surface area contributed by atoms with E-state index in [9.17, 15) is 0 Å². The minimum Gasteiger partial charge on any atom is -0.458 e. The summed E-state index contributed by atoms with van der Waals surface area (Å²) in [4.78, 5) is 2.42. The molecule has 0 amide bonds. The summed E-state index contributed by atoms with van der Waals surface area (Å²) in [5.41, 5.74) is 2.42. The summed E-state index contributed by atoms with van der Waals surface area (Å²) in [5.74, 6) is 1.98. The highest BCUT2D eigenvalue weighted by molar-refractivity contribution is 5.66. The van der Waals surface area contributed by atoms with Gasteiger partial charge in [0.25, 0.3) is 0 Å². The second-order valence-corrected chi connectivity index (χ2v) is 5.01. The highest BCUT2D eigenvalue weighted by atomic mass is 16.5. The molecule has 20 heavy (non-hydrogen) atoms. The molecule has 0 bridgehead atoms. The Bertz CT molecular complexity index is 516. The summed E-state index contributed by atoms with van der Waals surface area (Å²) in [6.07, 6.45) is 8.34. The number of benzene rings is 1. The van der Waals surface area contributed by atoms with E-state index in [2.05, 4.69) is 36.1 Å². The smallest absolute Gasteiger partial charge is 0.150 e. The lowest BCUT2D eigenvalue weighted by atomic mass is 9.99. The van der Waals surface area contributed by atoms with E-state index in [1.54, 1.807) is 0 Å². The zero-order chi connectivity index (χ0) is 14.5. The van der Waals surface area contributed by atoms with E-state index in [0.717, 1.165) is 11.5 Å². The van der Waals surface area contributed by atoms with Gasteiger partial charge in [-0.05, 0) is 45.2 Å². The van der Waals surface area contributed by atoms with Gasteiger partial charge < -0.3 is 9.64 Å². The highest BCUT2D eigenvalue weighted by Crippen LogP contribution is 2.39. The van der Waals surface area contributed by atoms with Crippen LogP contribution in [0.3, 0.4) is 0 Å². The molecule has 0 unspecified atom stereocenters. The normalized spacial score (nSPS) is 20.8. The van der Waals surface area contributed by atoms with Crippen molar-refractivity contribution < 1.29 is 4.74 Å². The molecule has 2 aliphatic rings. The van der Waals surface area contributed by atoms with E-state index in [1.807, 2.05) is 32.9 Å². The number of allylic oxidation sites excluding steroid dienone is 3. The quantitative estimate of drug-likeness (QED) is 0.645. The minimum absolute atomic E-state index is 0.471. The van der Waals surface area contributed by atoms with Crippen molar-refractivity contribution in [2.75, 3.05) is 4.90 Å². The Balaban J connectivity index is 0.000000704. The average Bonchev–Trinajstić information content (AvgIpc) is 2.51. The molecule has 0 fully saturated rings. The van der Waals surface area contributed by atoms with Crippen molar-refractivity contribution in [3.05, 3.63) is 47.9 Å². The molecule has 3 rings (SSSR count). The fourth-order valence-electron chi connectivity index (χ4n) is 2.77. The van der Waals surface area contributed by atoms with Crippen molar-refractivity contribution in [2.24, 2.45) is 0 Å². The lowest BCUT2D eigenvalue weighted by Crippen LogP contribution is -2.36. The predicted molar refractivity (Wildman–Crippen MR) is 86.1 cm³/mol. The van der Waals surface area contributed by atoms with Gasteiger partial charge in [0.05, 0.1) is 17.4 Å². The third-order valence-electron chi connectivity index (χ3n) is 3.82. The summed E-state index contributed by atoms with van der Waals surface area (Å²) >= 11 is 0. The Morgan fingerprint density at radius 2 is 1.90 bits per heavy atom. The number of para-hydroxylation sites is 2. The third-order valence-corrected chi connectivity index (χ3v) is 3.82. The zero-order valence-electron chi connectivity index (χ0n) is 13.0. The summed E-state index contributed by atoms with van der Waals surface area (Å²) in [7, 11) is 0. The molecule has 0 N–H and O–H groups in total. The maximum absolute atomic E-state index is 5.88. The van der Waals surface area contributed by atoms with Gasteiger partial charge in [-0.3, -0.25) is 0 Å². The Labute approximate surface area is 122 Å². The van der Waals surface area contributed by atoms with Crippen LogP contribution in [0.1, 0.15) is 47.0 Å². The fourth-order valence-corrected chi connectivity index (χ4v) is 2.77. The van der Waals surface area contributed by atoms with E-state index >= 15 is 0 Å². The second-order valence-electron chi connectivity index (χ2n) is 5.01. The average molecular weight is 271 g/mol. The number of rotatable bonds is 1. The van der Waals surface area contributed by atoms with Crippen LogP contribution in [0.25, 0.3) is 0 Å². The van der Waals surface area contributed by atoms with Crippen molar-refractivity contribution in [1.82, 2.24) is 0 Å². The molecule has 1 heterocycles. The van der Waals surface area contributed by atoms with E-state index in [0.29, 0.717) is 6.04 Å². The summed E-state index contributed by atoms with van der Waals surface area (Å²) < 4.78 is 5.88. The van der Waals surface area contributed by atoms with Gasteiger partial charge in [0.15, 0.2) is 5.75 Å². The number of nitrogens with zero attached hydrogens (tertiary/aromatic N) is 1. The molecular formula is C18H25NO. The van der Waals surface area contributed by atoms with Crippen LogP contribution in [0.5, 0.6) is 5.75 Å². The molecule has 1 atom stereocenters. The largest absolute Gasteiger partial charge is 0.458 e. The Kier molecular flexibility index (Phi) is 4.89. The van der Waals surface area contributed by atoms with Crippen LogP contribution in [0.4, 0.5) is 5.69 Å². The number of hydrogen-bond donors (Lipinski definition) is 0. The lowest BCUT2D eigenvalue weighted by Gasteiger charge is -2.38. The first kappa shape index (κ1) is 14.7. The molecule has 0 saturated carbocycles. The summed E-state index contributed by atoms with van der Waals surface area (Å²) in [6.45, 7) is 8.19. The van der Waals surface area contributed by atoms with Gasteiger partial charge in [-0.15, -0.1) is 0 Å². The van der Waals surface area contributed by atoms with Crippen molar-refractivity contribution in [1.29, 1.82) is 0 Å². The van der Waals surface area contributed by atoms with Crippen LogP contribution in [0.2, 0.25) is 0 Å². The number of ether oxygens (including phenoxy) is 1. The molecular weight excluding hydrogens is 246 g/mol. The topological polar surface area (TPSA) is 12.5 Å². The van der Waals surface area contributed by atoms with Gasteiger partial charge in [-0.25, -0.2) is 0 Å². The molecule has 1 aromatic rings. The van der Waals surface area contributed by atoms with E-state index in [1.165, 1.54) is 30.6 Å². The maximum Gasteiger partial charge on any atom is 0.150 e. The first-order valence-corrected chi connectivity index (χ1v) is 7.67. The van der Waals surface area contributed by atoms with Gasteiger partial charge in [-0.1, -0.05) is 38.1 Å². The predicted octanol–water partition coefficient (Wildman–Crippen LogP) is 5.27. The van der Waals surface area contributed by atoms with E-state index in [4.69, 9.17) is 4.74 Å². The fraction of sp³-hybridized carbons (Fsp3) is 0.444. The first-order chi connectivity index (χ1) is 9.77. The minimum atomic E-state index is 0.471. The molecule has 1 aliphatic heterocycles. The van der Waals surface area contributed by atoms with E-state index in [-0.39, 0.29) is 0 Å². The molecule has 0 radical (unpaired) electrons. The van der Waals surface area contributed by atoms with Gasteiger partial charge in [0.2, 0.25) is 0 Å². The number of anilines is 1. The third kappa shape index (κ3) is 2.74. The summed E-state index contributed by atoms with van der Waals surface area (Å²) in [5, 5.41) is 0. The van der Waals surface area contributed by atoms with Crippen LogP contribution in [0, 0.1) is 0 Å². The second kappa shape index (κ2) is 6.65. The van der Waals surface area contributed by atoms with Crippen molar-refractivity contribution in [3.63, 3.8) is 0 Å². The van der Waals surface area contributed by atoms with Crippen LogP contribution >= 0.6 is 0 Å². The van der Waals surface area contributed by atoms with Crippen LogP contribution in [-0.4, -0.2) is 6.04 Å². The molecule has 2 nitrogen and oxygen atoms in total. The Morgan fingerprint density at radius 1 is 1.15 bits per heavy atom. The lowest BCUT2D eigenvalue weighted by molar-refractivity contribution is 0.402. The van der Waals surface area contributed by atoms with Crippen LogP contribution in [0.15, 0.2) is 47.9 Å². The standard InChI is InChI=1S/C16H19NO.C2H6/c1-12-13(2)18-16-11-7-6-10-15(16)17(12)14-8-4-3-5-9-14;1-2/h4,6-8,10-11,14H,3,5,9H2,1-2H3;1-2H3/t14-;/m0./s1. The Morgan fingerprint density at radius 3 is 2.60 bits per heavy atom. The van der Waals surface area contributed by atoms with Crippen LogP contribution < -0.4 is 9.64 Å². The SMILES string of the molecule is CC.CC1=C(C)N([C@H]2C=CCCC2)c2ccccc2O1. The van der Waals surface area contributed by atoms with Crippen molar-refractivity contribution >= 4 is 5.69 Å². The summed E-state index contributed by atoms with van der Waals surface area (Å²) in [6, 6.07) is 8.77. The monoisotopic (exact) mass is 271 g/mol. The number of hydrogen-bond acceptors (Lipinski definition) is 2. The van der Waals surface area contributed by atoms with E-state index < -0.39 is 0 Å². The van der Waals surface area contributed by atoms with Crippen molar-refractivity contribution in [2.45, 2.75) is 53.0 Å². The van der Waals surface area contributed by atoms with Gasteiger partial charge in [-0.2, -0.15) is 0 Å². The molecule has 2 heteroatoms. The van der Waals surface area contributed by atoms with Gasteiger partial charge in [0.1, 0.15) is 5.76 Å².